The molecule has 1 amide bonds. The molecule has 3 rings (SSSR count). The van der Waals surface area contributed by atoms with Crippen LogP contribution in [-0.4, -0.2) is 41.9 Å². The summed E-state index contributed by atoms with van der Waals surface area (Å²) in [6.45, 7) is 1.00. The maximum absolute atomic E-state index is 12.2. The SMILES string of the molecule is CN(C)C(=O)c1cccc(CN(C2CCCC2)C2CCCC2)c1. The molecule has 0 aromatic heterocycles. The third-order valence-electron chi connectivity index (χ3n) is 5.53. The van der Waals surface area contributed by atoms with E-state index in [1.165, 1.54) is 56.9 Å². The zero-order chi connectivity index (χ0) is 16.2. The summed E-state index contributed by atoms with van der Waals surface area (Å²) in [5, 5.41) is 0. The van der Waals surface area contributed by atoms with Crippen LogP contribution in [0.1, 0.15) is 67.3 Å². The van der Waals surface area contributed by atoms with Gasteiger partial charge in [-0.1, -0.05) is 37.8 Å². The molecule has 0 spiro atoms. The summed E-state index contributed by atoms with van der Waals surface area (Å²) >= 11 is 0. The summed E-state index contributed by atoms with van der Waals surface area (Å²) in [5.41, 5.74) is 2.10. The Bertz CT molecular complexity index is 512. The van der Waals surface area contributed by atoms with Crippen LogP contribution in [0.25, 0.3) is 0 Å². The zero-order valence-corrected chi connectivity index (χ0v) is 14.6. The average Bonchev–Trinajstić information content (AvgIpc) is 3.25. The molecule has 2 aliphatic carbocycles. The van der Waals surface area contributed by atoms with Gasteiger partial charge in [0.15, 0.2) is 0 Å². The minimum absolute atomic E-state index is 0.0973. The summed E-state index contributed by atoms with van der Waals surface area (Å²) in [6.07, 6.45) is 10.9. The fraction of sp³-hybridized carbons (Fsp3) is 0.650. The lowest BCUT2D eigenvalue weighted by atomic mass is 10.0. The fourth-order valence-corrected chi connectivity index (χ4v) is 4.30. The highest BCUT2D eigenvalue weighted by Crippen LogP contribution is 2.32. The molecular weight excluding hydrogens is 284 g/mol. The lowest BCUT2D eigenvalue weighted by Gasteiger charge is -2.34. The summed E-state index contributed by atoms with van der Waals surface area (Å²) in [6, 6.07) is 9.76. The predicted molar refractivity (Wildman–Crippen MR) is 94.5 cm³/mol. The van der Waals surface area contributed by atoms with Gasteiger partial charge in [-0.05, 0) is 43.4 Å². The van der Waals surface area contributed by atoms with E-state index in [4.69, 9.17) is 0 Å². The van der Waals surface area contributed by atoms with E-state index in [1.807, 2.05) is 26.2 Å². The molecule has 0 saturated heterocycles. The maximum Gasteiger partial charge on any atom is 0.253 e. The van der Waals surface area contributed by atoms with Gasteiger partial charge in [-0.15, -0.1) is 0 Å². The van der Waals surface area contributed by atoms with Gasteiger partial charge >= 0.3 is 0 Å². The van der Waals surface area contributed by atoms with E-state index in [0.29, 0.717) is 0 Å². The van der Waals surface area contributed by atoms with Gasteiger partial charge in [0, 0.05) is 38.3 Å². The van der Waals surface area contributed by atoms with Crippen LogP contribution < -0.4 is 0 Å². The molecule has 2 saturated carbocycles. The molecule has 0 atom stereocenters. The Morgan fingerprint density at radius 2 is 1.57 bits per heavy atom. The van der Waals surface area contributed by atoms with Crippen molar-refractivity contribution in [2.45, 2.75) is 70.0 Å². The van der Waals surface area contributed by atoms with Crippen LogP contribution in [0.2, 0.25) is 0 Å². The first kappa shape index (κ1) is 16.5. The van der Waals surface area contributed by atoms with Gasteiger partial charge in [-0.3, -0.25) is 9.69 Å². The van der Waals surface area contributed by atoms with E-state index in [0.717, 1.165) is 24.2 Å². The normalized spacial score (nSPS) is 19.6. The Morgan fingerprint density at radius 1 is 1.00 bits per heavy atom. The minimum Gasteiger partial charge on any atom is -0.345 e. The fourth-order valence-electron chi connectivity index (χ4n) is 4.30. The van der Waals surface area contributed by atoms with Crippen LogP contribution in [0.15, 0.2) is 24.3 Å². The first-order chi connectivity index (χ1) is 11.1. The molecule has 0 aliphatic heterocycles. The molecule has 0 radical (unpaired) electrons. The van der Waals surface area contributed by atoms with Crippen molar-refractivity contribution >= 4 is 5.91 Å². The third-order valence-corrected chi connectivity index (χ3v) is 5.53. The smallest absolute Gasteiger partial charge is 0.253 e. The second-order valence-corrected chi connectivity index (χ2v) is 7.45. The van der Waals surface area contributed by atoms with E-state index >= 15 is 0 Å². The number of carbonyl (C=O) groups is 1. The molecule has 2 fully saturated rings. The quantitative estimate of drug-likeness (QED) is 0.818. The second kappa shape index (κ2) is 7.48. The zero-order valence-electron chi connectivity index (χ0n) is 14.6. The van der Waals surface area contributed by atoms with Gasteiger partial charge in [0.1, 0.15) is 0 Å². The van der Waals surface area contributed by atoms with Gasteiger partial charge < -0.3 is 4.90 Å². The van der Waals surface area contributed by atoms with Crippen LogP contribution in [0.5, 0.6) is 0 Å². The number of hydrogen-bond acceptors (Lipinski definition) is 2. The number of amides is 1. The van der Waals surface area contributed by atoms with Crippen molar-refractivity contribution in [1.82, 2.24) is 9.80 Å². The highest BCUT2D eigenvalue weighted by atomic mass is 16.2. The van der Waals surface area contributed by atoms with Crippen molar-refractivity contribution in [3.63, 3.8) is 0 Å². The molecule has 0 bridgehead atoms. The molecule has 2 aliphatic rings. The first-order valence-electron chi connectivity index (χ1n) is 9.21. The van der Waals surface area contributed by atoms with Gasteiger partial charge in [-0.25, -0.2) is 0 Å². The number of benzene rings is 1. The van der Waals surface area contributed by atoms with Crippen LogP contribution in [0.3, 0.4) is 0 Å². The number of hydrogen-bond donors (Lipinski definition) is 0. The Labute approximate surface area is 140 Å². The minimum atomic E-state index is 0.0973. The van der Waals surface area contributed by atoms with Gasteiger partial charge in [-0.2, -0.15) is 0 Å². The van der Waals surface area contributed by atoms with Crippen LogP contribution in [-0.2, 0) is 6.54 Å². The number of rotatable bonds is 5. The largest absolute Gasteiger partial charge is 0.345 e. The molecule has 1 aromatic carbocycles. The molecule has 1 aromatic rings. The highest BCUT2D eigenvalue weighted by Gasteiger charge is 2.30. The molecule has 0 N–H and O–H groups in total. The van der Waals surface area contributed by atoms with E-state index in [9.17, 15) is 4.79 Å². The number of carbonyl (C=O) groups excluding carboxylic acids is 1. The van der Waals surface area contributed by atoms with Crippen LogP contribution >= 0.6 is 0 Å². The lowest BCUT2D eigenvalue weighted by molar-refractivity contribution is 0.0827. The molecule has 0 heterocycles. The Morgan fingerprint density at radius 3 is 2.09 bits per heavy atom. The Hall–Kier alpha value is -1.35. The van der Waals surface area contributed by atoms with E-state index in [1.54, 1.807) is 4.90 Å². The lowest BCUT2D eigenvalue weighted by Crippen LogP contribution is -2.40. The molecule has 126 valence electrons. The molecule has 23 heavy (non-hydrogen) atoms. The van der Waals surface area contributed by atoms with Crippen molar-refractivity contribution in [2.75, 3.05) is 14.1 Å². The summed E-state index contributed by atoms with van der Waals surface area (Å²) in [7, 11) is 3.64. The summed E-state index contributed by atoms with van der Waals surface area (Å²) < 4.78 is 0. The van der Waals surface area contributed by atoms with Gasteiger partial charge in [0.05, 0.1) is 0 Å². The van der Waals surface area contributed by atoms with Gasteiger partial charge in [0.2, 0.25) is 0 Å². The monoisotopic (exact) mass is 314 g/mol. The first-order valence-corrected chi connectivity index (χ1v) is 9.21. The third kappa shape index (κ3) is 3.95. The van der Waals surface area contributed by atoms with Gasteiger partial charge in [0.25, 0.3) is 5.91 Å². The maximum atomic E-state index is 12.2. The van der Waals surface area contributed by atoms with Crippen molar-refractivity contribution in [3.05, 3.63) is 35.4 Å². The molecule has 0 unspecified atom stereocenters. The van der Waals surface area contributed by atoms with Crippen molar-refractivity contribution in [2.24, 2.45) is 0 Å². The van der Waals surface area contributed by atoms with E-state index < -0.39 is 0 Å². The predicted octanol–water partition coefficient (Wildman–Crippen LogP) is 4.08. The number of nitrogens with zero attached hydrogens (tertiary/aromatic N) is 2. The van der Waals surface area contributed by atoms with Crippen molar-refractivity contribution in [3.8, 4) is 0 Å². The summed E-state index contributed by atoms with van der Waals surface area (Å²) in [4.78, 5) is 16.6. The van der Waals surface area contributed by atoms with Crippen molar-refractivity contribution < 1.29 is 4.79 Å². The molecular formula is C20H30N2O. The standard InChI is InChI=1S/C20H30N2O/c1-21(2)20(23)17-9-7-8-16(14-17)15-22(18-10-3-4-11-18)19-12-5-6-13-19/h7-9,14,18-19H,3-6,10-13,15H2,1-2H3. The molecule has 3 nitrogen and oxygen atoms in total. The van der Waals surface area contributed by atoms with E-state index in [2.05, 4.69) is 17.0 Å². The topological polar surface area (TPSA) is 23.6 Å². The van der Waals surface area contributed by atoms with Crippen molar-refractivity contribution in [1.29, 1.82) is 0 Å². The van der Waals surface area contributed by atoms with Crippen LogP contribution in [0.4, 0.5) is 0 Å². The highest BCUT2D eigenvalue weighted by molar-refractivity contribution is 5.94. The summed E-state index contributed by atoms with van der Waals surface area (Å²) in [5.74, 6) is 0.0973. The van der Waals surface area contributed by atoms with E-state index in [-0.39, 0.29) is 5.91 Å². The molecule has 3 heteroatoms. The Kier molecular flexibility index (Phi) is 5.37. The van der Waals surface area contributed by atoms with Crippen LogP contribution in [0, 0.1) is 0 Å². The second-order valence-electron chi connectivity index (χ2n) is 7.45. The average molecular weight is 314 g/mol. The Balaban J connectivity index is 1.76.